The Bertz CT molecular complexity index is 954. The van der Waals surface area contributed by atoms with Crippen LogP contribution < -0.4 is 0 Å². The molecule has 0 saturated carbocycles. The molecule has 0 fully saturated rings. The van der Waals surface area contributed by atoms with E-state index in [9.17, 15) is 4.39 Å². The summed E-state index contributed by atoms with van der Waals surface area (Å²) in [6, 6.07) is 14.9. The molecule has 0 atom stereocenters. The van der Waals surface area contributed by atoms with Gasteiger partial charge in [0.05, 0.1) is 10.6 Å². The van der Waals surface area contributed by atoms with Gasteiger partial charge in [-0.25, -0.2) is 13.9 Å². The van der Waals surface area contributed by atoms with Gasteiger partial charge in [-0.1, -0.05) is 53.3 Å². The van der Waals surface area contributed by atoms with Gasteiger partial charge in [-0.3, -0.25) is 0 Å². The Morgan fingerprint density at radius 3 is 2.64 bits per heavy atom. The maximum absolute atomic E-state index is 13.6. The lowest BCUT2D eigenvalue weighted by atomic mass is 10.1. The molecule has 2 aromatic heterocycles. The first-order valence-electron chi connectivity index (χ1n) is 6.88. The Balaban J connectivity index is 2.01. The first-order chi connectivity index (χ1) is 10.7. The Morgan fingerprint density at radius 1 is 1.05 bits per heavy atom. The van der Waals surface area contributed by atoms with E-state index in [1.807, 2.05) is 10.6 Å². The van der Waals surface area contributed by atoms with E-state index in [0.717, 1.165) is 26.7 Å². The van der Waals surface area contributed by atoms with Crippen LogP contribution in [0, 0.1) is 12.7 Å². The number of nitrogens with zero attached hydrogens (tertiary/aromatic N) is 3. The molecule has 22 heavy (non-hydrogen) atoms. The molecule has 2 aromatic carbocycles. The van der Waals surface area contributed by atoms with Crippen molar-refractivity contribution in [1.29, 1.82) is 0 Å². The van der Waals surface area contributed by atoms with Crippen LogP contribution in [-0.4, -0.2) is 14.6 Å². The van der Waals surface area contributed by atoms with Crippen LogP contribution in [0.5, 0.6) is 0 Å². The maximum atomic E-state index is 13.6. The zero-order valence-electron chi connectivity index (χ0n) is 11.8. The van der Waals surface area contributed by atoms with Crippen molar-refractivity contribution in [2.75, 3.05) is 0 Å². The fraction of sp³-hybridized carbons (Fsp3) is 0.0588. The molecule has 0 aliphatic heterocycles. The highest BCUT2D eigenvalue weighted by Gasteiger charge is 2.17. The monoisotopic (exact) mass is 309 g/mol. The van der Waals surface area contributed by atoms with E-state index in [-0.39, 0.29) is 5.82 Å². The molecule has 0 bridgehead atoms. The van der Waals surface area contributed by atoms with Gasteiger partial charge in [0.15, 0.2) is 0 Å². The molecule has 108 valence electrons. The minimum Gasteiger partial charge on any atom is -0.207 e. The predicted octanol–water partition coefficient (Wildman–Crippen LogP) is 4.57. The van der Waals surface area contributed by atoms with E-state index in [0.29, 0.717) is 0 Å². The Morgan fingerprint density at radius 2 is 1.86 bits per heavy atom. The summed E-state index contributed by atoms with van der Waals surface area (Å²) in [5.41, 5.74) is 4.03. The summed E-state index contributed by atoms with van der Waals surface area (Å²) in [6.07, 6.45) is 1.54. The molecule has 5 heteroatoms. The molecular formula is C17H12FN3S. The summed E-state index contributed by atoms with van der Waals surface area (Å²) < 4.78 is 15.4. The van der Waals surface area contributed by atoms with Crippen LogP contribution in [0.4, 0.5) is 4.39 Å². The highest BCUT2D eigenvalue weighted by atomic mass is 32.1. The zero-order valence-corrected chi connectivity index (χ0v) is 12.6. The highest BCUT2D eigenvalue weighted by molar-refractivity contribution is 7.20. The molecule has 2 heterocycles. The van der Waals surface area contributed by atoms with Crippen molar-refractivity contribution < 1.29 is 4.39 Å². The van der Waals surface area contributed by atoms with Gasteiger partial charge in [0.2, 0.25) is 4.96 Å². The van der Waals surface area contributed by atoms with Crippen molar-refractivity contribution >= 4 is 16.3 Å². The number of hydrogen-bond acceptors (Lipinski definition) is 3. The standard InChI is InChI=1S/C17H12FN3S/c1-11-5-7-12(8-6-11)15-16(13-3-2-4-14(18)9-13)22-17-19-10-20-21(15)17/h2-10H,1H3. The van der Waals surface area contributed by atoms with E-state index in [1.54, 1.807) is 18.5 Å². The van der Waals surface area contributed by atoms with Gasteiger partial charge in [-0.2, -0.15) is 5.10 Å². The normalized spacial score (nSPS) is 11.2. The minimum absolute atomic E-state index is 0.244. The molecule has 0 saturated heterocycles. The second kappa shape index (κ2) is 5.03. The third-order valence-corrected chi connectivity index (χ3v) is 4.64. The first-order valence-corrected chi connectivity index (χ1v) is 7.69. The predicted molar refractivity (Wildman–Crippen MR) is 86.4 cm³/mol. The molecule has 0 radical (unpaired) electrons. The van der Waals surface area contributed by atoms with Crippen molar-refractivity contribution in [3.8, 4) is 21.7 Å². The lowest BCUT2D eigenvalue weighted by Crippen LogP contribution is -1.90. The summed E-state index contributed by atoms with van der Waals surface area (Å²) in [4.78, 5) is 6.04. The van der Waals surface area contributed by atoms with Crippen molar-refractivity contribution in [1.82, 2.24) is 14.6 Å². The molecule has 3 nitrogen and oxygen atoms in total. The topological polar surface area (TPSA) is 30.2 Å². The first kappa shape index (κ1) is 13.2. The van der Waals surface area contributed by atoms with Crippen molar-refractivity contribution in [2.45, 2.75) is 6.92 Å². The maximum Gasteiger partial charge on any atom is 0.213 e. The summed E-state index contributed by atoms with van der Waals surface area (Å²) in [5, 5.41) is 4.31. The molecule has 0 amide bonds. The number of rotatable bonds is 2. The third-order valence-electron chi connectivity index (χ3n) is 3.55. The fourth-order valence-corrected chi connectivity index (χ4v) is 3.53. The van der Waals surface area contributed by atoms with Crippen LogP contribution >= 0.6 is 11.3 Å². The molecule has 4 rings (SSSR count). The van der Waals surface area contributed by atoms with E-state index >= 15 is 0 Å². The molecule has 4 aromatic rings. The van der Waals surface area contributed by atoms with Crippen LogP contribution in [0.15, 0.2) is 54.9 Å². The molecule has 0 aliphatic carbocycles. The summed E-state index contributed by atoms with van der Waals surface area (Å²) >= 11 is 1.51. The lowest BCUT2D eigenvalue weighted by Gasteiger charge is -2.05. The largest absolute Gasteiger partial charge is 0.213 e. The van der Waals surface area contributed by atoms with Crippen molar-refractivity contribution in [3.05, 3.63) is 66.2 Å². The van der Waals surface area contributed by atoms with Crippen molar-refractivity contribution in [3.63, 3.8) is 0 Å². The van der Waals surface area contributed by atoms with Crippen LogP contribution in [0.2, 0.25) is 0 Å². The average Bonchev–Trinajstić information content (AvgIpc) is 3.09. The Labute approximate surface area is 130 Å². The van der Waals surface area contributed by atoms with E-state index in [4.69, 9.17) is 0 Å². The van der Waals surface area contributed by atoms with Gasteiger partial charge in [0.25, 0.3) is 0 Å². The molecule has 0 unspecified atom stereocenters. The van der Waals surface area contributed by atoms with Gasteiger partial charge in [-0.15, -0.1) is 0 Å². The molecule has 0 spiro atoms. The van der Waals surface area contributed by atoms with Gasteiger partial charge >= 0.3 is 0 Å². The number of hydrogen-bond donors (Lipinski definition) is 0. The van der Waals surface area contributed by atoms with Gasteiger partial charge < -0.3 is 0 Å². The number of fused-ring (bicyclic) bond motifs is 1. The van der Waals surface area contributed by atoms with Gasteiger partial charge in [-0.05, 0) is 24.6 Å². The quantitative estimate of drug-likeness (QED) is 0.543. The highest BCUT2D eigenvalue weighted by Crippen LogP contribution is 2.38. The van der Waals surface area contributed by atoms with E-state index in [1.165, 1.54) is 23.0 Å². The zero-order chi connectivity index (χ0) is 15.1. The van der Waals surface area contributed by atoms with Crippen LogP contribution in [0.3, 0.4) is 0 Å². The smallest absolute Gasteiger partial charge is 0.207 e. The second-order valence-corrected chi connectivity index (χ2v) is 6.09. The Kier molecular flexibility index (Phi) is 3.01. The number of thiazole rings is 1. The molecule has 0 aliphatic rings. The summed E-state index contributed by atoms with van der Waals surface area (Å²) in [7, 11) is 0. The van der Waals surface area contributed by atoms with Crippen molar-refractivity contribution in [2.24, 2.45) is 0 Å². The number of aryl methyl sites for hydroxylation is 1. The summed E-state index contributed by atoms with van der Waals surface area (Å²) in [6.45, 7) is 2.05. The fourth-order valence-electron chi connectivity index (χ4n) is 2.48. The lowest BCUT2D eigenvalue weighted by molar-refractivity contribution is 0.628. The van der Waals surface area contributed by atoms with Crippen LogP contribution in [0.25, 0.3) is 26.7 Å². The SMILES string of the molecule is Cc1ccc(-c2c(-c3cccc(F)c3)sc3ncnn23)cc1. The van der Waals surface area contributed by atoms with Crippen LogP contribution in [-0.2, 0) is 0 Å². The summed E-state index contributed by atoms with van der Waals surface area (Å²) in [5.74, 6) is -0.244. The molecular weight excluding hydrogens is 297 g/mol. The number of halogens is 1. The third kappa shape index (κ3) is 2.10. The molecule has 0 N–H and O–H groups in total. The average molecular weight is 309 g/mol. The Hall–Kier alpha value is -2.53. The van der Waals surface area contributed by atoms with Gasteiger partial charge in [0.1, 0.15) is 12.1 Å². The minimum atomic E-state index is -0.244. The second-order valence-electron chi connectivity index (χ2n) is 5.11. The van der Waals surface area contributed by atoms with E-state index in [2.05, 4.69) is 41.3 Å². The number of benzene rings is 2. The van der Waals surface area contributed by atoms with Crippen LogP contribution in [0.1, 0.15) is 5.56 Å². The van der Waals surface area contributed by atoms with E-state index < -0.39 is 0 Å². The van der Waals surface area contributed by atoms with Gasteiger partial charge in [0, 0.05) is 5.56 Å². The number of aromatic nitrogens is 3.